The quantitative estimate of drug-likeness (QED) is 0.828. The van der Waals surface area contributed by atoms with Crippen LogP contribution in [0.2, 0.25) is 0 Å². The molecular weight excluding hydrogens is 330 g/mol. The van der Waals surface area contributed by atoms with E-state index in [1.807, 2.05) is 0 Å². The Labute approximate surface area is 121 Å². The van der Waals surface area contributed by atoms with Crippen LogP contribution in [0.3, 0.4) is 0 Å². The number of esters is 1. The summed E-state index contributed by atoms with van der Waals surface area (Å²) in [6.07, 6.45) is 0. The summed E-state index contributed by atoms with van der Waals surface area (Å²) in [6, 6.07) is 2.92. The number of aromatic nitrogens is 4. The van der Waals surface area contributed by atoms with Gasteiger partial charge in [-0.2, -0.15) is 4.68 Å². The highest BCUT2D eigenvalue weighted by molar-refractivity contribution is 9.10. The Kier molecular flexibility index (Phi) is 3.05. The van der Waals surface area contributed by atoms with Crippen molar-refractivity contribution in [3.8, 4) is 0 Å². The fraction of sp³-hybridized carbons (Fsp3) is 0.273. The van der Waals surface area contributed by atoms with Crippen molar-refractivity contribution < 1.29 is 13.9 Å². The van der Waals surface area contributed by atoms with Gasteiger partial charge in [0.15, 0.2) is 4.67 Å². The number of anilines is 1. The number of carbonyl (C=O) groups is 1. The van der Waals surface area contributed by atoms with Crippen LogP contribution in [0, 0.1) is 0 Å². The summed E-state index contributed by atoms with van der Waals surface area (Å²) < 4.78 is 12.4. The molecule has 2 aromatic heterocycles. The zero-order valence-electron chi connectivity index (χ0n) is 10.6. The first-order valence-corrected chi connectivity index (χ1v) is 6.50. The van der Waals surface area contributed by atoms with E-state index >= 15 is 0 Å². The number of carbonyl (C=O) groups excluding carboxylic acids is 1. The summed E-state index contributed by atoms with van der Waals surface area (Å²) in [7, 11) is 1.33. The predicted molar refractivity (Wildman–Crippen MR) is 70.7 cm³/mol. The molecular formula is C11H10BrN5O3. The van der Waals surface area contributed by atoms with Gasteiger partial charge in [-0.05, 0) is 45.4 Å². The van der Waals surface area contributed by atoms with Crippen molar-refractivity contribution in [3.05, 3.63) is 33.8 Å². The van der Waals surface area contributed by atoms with Crippen LogP contribution in [-0.4, -0.2) is 33.3 Å². The number of fused-ring (bicyclic) bond motifs is 1. The zero-order chi connectivity index (χ0) is 14.3. The minimum Gasteiger partial charge on any atom is -0.466 e. The first-order valence-electron chi connectivity index (χ1n) is 5.71. The van der Waals surface area contributed by atoms with Crippen molar-refractivity contribution in [2.45, 2.75) is 13.0 Å². The number of tetrazole rings is 1. The van der Waals surface area contributed by atoms with Gasteiger partial charge in [0.05, 0.1) is 12.7 Å². The maximum absolute atomic E-state index is 12.0. The monoisotopic (exact) mass is 339 g/mol. The average molecular weight is 340 g/mol. The largest absolute Gasteiger partial charge is 0.466 e. The third-order valence-corrected chi connectivity index (χ3v) is 3.41. The maximum atomic E-state index is 12.0. The predicted octanol–water partition coefficient (Wildman–Crippen LogP) is 1.49. The molecule has 0 saturated heterocycles. The Hall–Kier alpha value is -2.16. The molecule has 8 nitrogen and oxygen atoms in total. The van der Waals surface area contributed by atoms with Crippen molar-refractivity contribution in [3.63, 3.8) is 0 Å². The number of nitrogens with one attached hydrogen (secondary N) is 1. The number of rotatable bonds is 2. The average Bonchev–Trinajstić information content (AvgIpc) is 3.04. The summed E-state index contributed by atoms with van der Waals surface area (Å²) in [6.45, 7) is 1.76. The fourth-order valence-corrected chi connectivity index (χ4v) is 2.44. The minimum atomic E-state index is -0.569. The van der Waals surface area contributed by atoms with Crippen LogP contribution < -0.4 is 5.32 Å². The molecule has 2 aromatic rings. The Morgan fingerprint density at radius 2 is 2.35 bits per heavy atom. The third-order valence-electron chi connectivity index (χ3n) is 2.98. The molecule has 1 unspecified atom stereocenters. The molecule has 0 radical (unpaired) electrons. The van der Waals surface area contributed by atoms with E-state index in [1.165, 1.54) is 11.8 Å². The van der Waals surface area contributed by atoms with Crippen molar-refractivity contribution in [1.29, 1.82) is 0 Å². The van der Waals surface area contributed by atoms with Crippen LogP contribution in [0.15, 0.2) is 32.5 Å². The lowest BCUT2D eigenvalue weighted by Gasteiger charge is -2.25. The van der Waals surface area contributed by atoms with Gasteiger partial charge in [-0.3, -0.25) is 0 Å². The fourth-order valence-electron chi connectivity index (χ4n) is 2.12. The molecule has 0 aliphatic carbocycles. The zero-order valence-corrected chi connectivity index (χ0v) is 12.2. The van der Waals surface area contributed by atoms with Crippen molar-refractivity contribution >= 4 is 27.8 Å². The standard InChI is InChI=1S/C11H10BrN5O3/c1-5-8(10(18)19-2)9(6-3-4-7(12)20-6)17-11(13-5)14-15-16-17/h3-4,9H,1-2H3,(H,13,14,16). The minimum absolute atomic E-state index is 0.397. The smallest absolute Gasteiger partial charge is 0.338 e. The van der Waals surface area contributed by atoms with E-state index in [0.29, 0.717) is 27.6 Å². The van der Waals surface area contributed by atoms with Crippen LogP contribution in [0.5, 0.6) is 0 Å². The van der Waals surface area contributed by atoms with Gasteiger partial charge in [0.25, 0.3) is 0 Å². The molecule has 0 amide bonds. The number of allylic oxidation sites excluding steroid dienone is 1. The van der Waals surface area contributed by atoms with E-state index in [4.69, 9.17) is 9.15 Å². The highest BCUT2D eigenvalue weighted by Gasteiger charge is 2.36. The first-order chi connectivity index (χ1) is 9.61. The molecule has 3 rings (SSSR count). The topological polar surface area (TPSA) is 95.1 Å². The van der Waals surface area contributed by atoms with Crippen molar-refractivity contribution in [2.24, 2.45) is 0 Å². The second kappa shape index (κ2) is 4.75. The van der Waals surface area contributed by atoms with Gasteiger partial charge in [-0.1, -0.05) is 5.10 Å². The van der Waals surface area contributed by atoms with E-state index in [-0.39, 0.29) is 0 Å². The van der Waals surface area contributed by atoms with Crippen LogP contribution in [0.25, 0.3) is 0 Å². The molecule has 0 aromatic carbocycles. The summed E-state index contributed by atoms with van der Waals surface area (Å²) in [5, 5.41) is 14.3. The first kappa shape index (κ1) is 12.9. The van der Waals surface area contributed by atoms with Gasteiger partial charge in [-0.25, -0.2) is 4.79 Å². The van der Waals surface area contributed by atoms with E-state index in [2.05, 4.69) is 36.8 Å². The Balaban J connectivity index is 2.18. The molecule has 1 N–H and O–H groups in total. The highest BCUT2D eigenvalue weighted by atomic mass is 79.9. The molecule has 1 aliphatic rings. The Morgan fingerprint density at radius 1 is 1.55 bits per heavy atom. The van der Waals surface area contributed by atoms with Gasteiger partial charge < -0.3 is 14.5 Å². The van der Waals surface area contributed by atoms with Crippen molar-refractivity contribution in [2.75, 3.05) is 12.4 Å². The molecule has 0 spiro atoms. The molecule has 9 heteroatoms. The molecule has 0 fully saturated rings. The van der Waals surface area contributed by atoms with E-state index < -0.39 is 12.0 Å². The number of ether oxygens (including phenoxy) is 1. The van der Waals surface area contributed by atoms with Gasteiger partial charge in [0.1, 0.15) is 11.8 Å². The summed E-state index contributed by atoms with van der Waals surface area (Å²) in [5.74, 6) is 0.507. The Bertz CT molecular complexity index is 704. The lowest BCUT2D eigenvalue weighted by atomic mass is 10.0. The van der Waals surface area contributed by atoms with Gasteiger partial charge >= 0.3 is 5.97 Å². The van der Waals surface area contributed by atoms with Gasteiger partial charge in [0.2, 0.25) is 5.95 Å². The molecule has 104 valence electrons. The Morgan fingerprint density at radius 3 is 3.00 bits per heavy atom. The second-order valence-corrected chi connectivity index (χ2v) is 4.93. The number of hydrogen-bond acceptors (Lipinski definition) is 7. The lowest BCUT2D eigenvalue weighted by molar-refractivity contribution is -0.136. The lowest BCUT2D eigenvalue weighted by Crippen LogP contribution is -2.29. The molecule has 0 bridgehead atoms. The SMILES string of the molecule is COC(=O)C1=C(C)Nc2nnnn2C1c1ccc(Br)o1. The van der Waals surface area contributed by atoms with E-state index in [1.54, 1.807) is 19.1 Å². The second-order valence-electron chi connectivity index (χ2n) is 4.15. The van der Waals surface area contributed by atoms with Crippen molar-refractivity contribution in [1.82, 2.24) is 20.2 Å². The van der Waals surface area contributed by atoms with Crippen LogP contribution in [-0.2, 0) is 9.53 Å². The normalized spacial score (nSPS) is 17.6. The number of nitrogens with zero attached hydrogens (tertiary/aromatic N) is 4. The molecule has 1 aliphatic heterocycles. The maximum Gasteiger partial charge on any atom is 0.338 e. The third kappa shape index (κ3) is 1.90. The van der Waals surface area contributed by atoms with E-state index in [0.717, 1.165) is 0 Å². The highest BCUT2D eigenvalue weighted by Crippen LogP contribution is 2.36. The molecule has 3 heterocycles. The number of halogens is 1. The molecule has 1 atom stereocenters. The van der Waals surface area contributed by atoms with E-state index in [9.17, 15) is 4.79 Å². The molecule has 0 saturated carbocycles. The van der Waals surface area contributed by atoms with Crippen LogP contribution >= 0.6 is 15.9 Å². The number of hydrogen-bond donors (Lipinski definition) is 1. The molecule has 20 heavy (non-hydrogen) atoms. The number of furan rings is 1. The van der Waals surface area contributed by atoms with Gasteiger partial charge in [0, 0.05) is 5.70 Å². The summed E-state index contributed by atoms with van der Waals surface area (Å²) in [5.41, 5.74) is 1.02. The summed E-state index contributed by atoms with van der Waals surface area (Å²) in [4.78, 5) is 12.0. The van der Waals surface area contributed by atoms with Gasteiger partial charge in [-0.15, -0.1) is 0 Å². The van der Waals surface area contributed by atoms with Crippen LogP contribution in [0.4, 0.5) is 5.95 Å². The number of methoxy groups -OCH3 is 1. The summed E-state index contributed by atoms with van der Waals surface area (Å²) >= 11 is 3.24. The van der Waals surface area contributed by atoms with Crippen LogP contribution in [0.1, 0.15) is 18.7 Å².